The van der Waals surface area contributed by atoms with Crippen LogP contribution in [0.3, 0.4) is 0 Å². The summed E-state index contributed by atoms with van der Waals surface area (Å²) in [4.78, 5) is 0. The average Bonchev–Trinajstić information content (AvgIpc) is 2.33. The van der Waals surface area contributed by atoms with E-state index < -0.39 is 0 Å². The van der Waals surface area contributed by atoms with Gasteiger partial charge in [0.1, 0.15) is 0 Å². The van der Waals surface area contributed by atoms with Crippen LogP contribution in [-0.2, 0) is 23.8 Å². The molecule has 0 saturated carbocycles. The summed E-state index contributed by atoms with van der Waals surface area (Å²) in [5, 5.41) is 0. The molecule has 0 aromatic heterocycles. The summed E-state index contributed by atoms with van der Waals surface area (Å²) in [6.45, 7) is 0. The van der Waals surface area contributed by atoms with Crippen molar-refractivity contribution in [2.75, 3.05) is 0 Å². The van der Waals surface area contributed by atoms with Gasteiger partial charge in [-0.2, -0.15) is 0 Å². The normalized spacial score (nSPS) is 12.4. The molecule has 0 unspecified atom stereocenters. The van der Waals surface area contributed by atoms with Crippen molar-refractivity contribution in [1.29, 1.82) is 0 Å². The van der Waals surface area contributed by atoms with Crippen LogP contribution < -0.4 is 0 Å². The molecule has 1 aromatic carbocycles. The molecular formula is C9H8Cr. The standard InChI is InChI=1S/C9H8.Cr/c1-2-5-9-7-3-6-8(9)4-1;/h1-6H,7H2;. The topological polar surface area (TPSA) is 0 Å². The molecular weight excluding hydrogens is 160 g/mol. The van der Waals surface area contributed by atoms with Gasteiger partial charge in [-0.15, -0.1) is 0 Å². The maximum Gasteiger partial charge on any atom is 0 e. The Bertz CT molecular complexity index is 251. The van der Waals surface area contributed by atoms with Crippen molar-refractivity contribution in [1.82, 2.24) is 0 Å². The minimum Gasteiger partial charge on any atom is -0.0795 e. The number of allylic oxidation sites excluding steroid dienone is 1. The van der Waals surface area contributed by atoms with Gasteiger partial charge in [0.05, 0.1) is 0 Å². The third-order valence-electron chi connectivity index (χ3n) is 1.69. The van der Waals surface area contributed by atoms with Crippen molar-refractivity contribution < 1.29 is 17.4 Å². The first kappa shape index (κ1) is 7.60. The van der Waals surface area contributed by atoms with E-state index in [0.717, 1.165) is 6.42 Å². The van der Waals surface area contributed by atoms with E-state index in [4.69, 9.17) is 0 Å². The van der Waals surface area contributed by atoms with Crippen LogP contribution in [0.15, 0.2) is 30.3 Å². The third kappa shape index (κ3) is 1.16. The molecule has 1 heteroatoms. The SMILES string of the molecule is C1=Cc2ccccc2C1.[Cr]. The van der Waals surface area contributed by atoms with Crippen LogP contribution in [0.4, 0.5) is 0 Å². The van der Waals surface area contributed by atoms with E-state index in [1.54, 1.807) is 0 Å². The van der Waals surface area contributed by atoms with E-state index in [9.17, 15) is 0 Å². The summed E-state index contributed by atoms with van der Waals surface area (Å²) < 4.78 is 0. The summed E-state index contributed by atoms with van der Waals surface area (Å²) in [5.74, 6) is 0. The molecule has 1 aliphatic carbocycles. The molecule has 0 saturated heterocycles. The Morgan fingerprint density at radius 2 is 1.90 bits per heavy atom. The second-order valence-corrected chi connectivity index (χ2v) is 2.31. The van der Waals surface area contributed by atoms with Crippen molar-refractivity contribution in [3.05, 3.63) is 41.5 Å². The van der Waals surface area contributed by atoms with Crippen LogP contribution >= 0.6 is 0 Å². The van der Waals surface area contributed by atoms with Crippen molar-refractivity contribution in [2.24, 2.45) is 0 Å². The van der Waals surface area contributed by atoms with Gasteiger partial charge in [0, 0.05) is 17.4 Å². The van der Waals surface area contributed by atoms with Crippen molar-refractivity contribution in [3.63, 3.8) is 0 Å². The van der Waals surface area contributed by atoms with Gasteiger partial charge in [-0.25, -0.2) is 0 Å². The van der Waals surface area contributed by atoms with Crippen molar-refractivity contribution >= 4 is 6.08 Å². The van der Waals surface area contributed by atoms with Crippen LogP contribution in [0.2, 0.25) is 0 Å². The van der Waals surface area contributed by atoms with Crippen LogP contribution in [0.25, 0.3) is 6.08 Å². The van der Waals surface area contributed by atoms with Gasteiger partial charge in [-0.05, 0) is 17.5 Å². The molecule has 0 fully saturated rings. The Morgan fingerprint density at radius 3 is 2.70 bits per heavy atom. The molecule has 0 atom stereocenters. The summed E-state index contributed by atoms with van der Waals surface area (Å²) in [7, 11) is 0. The molecule has 0 N–H and O–H groups in total. The summed E-state index contributed by atoms with van der Waals surface area (Å²) >= 11 is 0. The predicted molar refractivity (Wildman–Crippen MR) is 39.2 cm³/mol. The molecule has 10 heavy (non-hydrogen) atoms. The van der Waals surface area contributed by atoms with E-state index in [-0.39, 0.29) is 17.4 Å². The van der Waals surface area contributed by atoms with E-state index >= 15 is 0 Å². The monoisotopic (exact) mass is 168 g/mol. The molecule has 0 nitrogen and oxygen atoms in total. The van der Waals surface area contributed by atoms with E-state index in [0.29, 0.717) is 0 Å². The van der Waals surface area contributed by atoms with Gasteiger partial charge in [-0.3, -0.25) is 0 Å². The molecule has 0 spiro atoms. The van der Waals surface area contributed by atoms with E-state index in [1.807, 2.05) is 0 Å². The van der Waals surface area contributed by atoms with Gasteiger partial charge >= 0.3 is 0 Å². The average molecular weight is 168 g/mol. The van der Waals surface area contributed by atoms with Crippen LogP contribution in [-0.4, -0.2) is 0 Å². The first-order chi connectivity index (χ1) is 4.47. The Labute approximate surface area is 71.7 Å². The Morgan fingerprint density at radius 1 is 1.10 bits per heavy atom. The Balaban J connectivity index is 0.000000500. The van der Waals surface area contributed by atoms with E-state index in [2.05, 4.69) is 36.4 Å². The Hall–Kier alpha value is -0.508. The molecule has 2 rings (SSSR count). The molecule has 0 aliphatic heterocycles. The fourth-order valence-electron chi connectivity index (χ4n) is 1.20. The first-order valence-electron chi connectivity index (χ1n) is 3.21. The fourth-order valence-corrected chi connectivity index (χ4v) is 1.20. The van der Waals surface area contributed by atoms with Gasteiger partial charge in [0.25, 0.3) is 0 Å². The minimum absolute atomic E-state index is 0. The third-order valence-corrected chi connectivity index (χ3v) is 1.69. The molecule has 0 radical (unpaired) electrons. The van der Waals surface area contributed by atoms with Gasteiger partial charge in [0.2, 0.25) is 0 Å². The zero-order valence-electron chi connectivity index (χ0n) is 5.58. The minimum atomic E-state index is 0. The summed E-state index contributed by atoms with van der Waals surface area (Å²) in [6, 6.07) is 8.49. The molecule has 0 heterocycles. The number of benzene rings is 1. The number of rotatable bonds is 0. The number of fused-ring (bicyclic) bond motifs is 1. The maximum absolute atomic E-state index is 2.20. The van der Waals surface area contributed by atoms with Crippen molar-refractivity contribution in [2.45, 2.75) is 6.42 Å². The van der Waals surface area contributed by atoms with Crippen molar-refractivity contribution in [3.8, 4) is 0 Å². The smallest absolute Gasteiger partial charge is 0 e. The first-order valence-corrected chi connectivity index (χ1v) is 3.21. The van der Waals surface area contributed by atoms with Gasteiger partial charge in [0.15, 0.2) is 0 Å². The second-order valence-electron chi connectivity index (χ2n) is 2.31. The number of hydrogen-bond acceptors (Lipinski definition) is 0. The summed E-state index contributed by atoms with van der Waals surface area (Å²) in [6.07, 6.45) is 5.50. The second kappa shape index (κ2) is 3.05. The predicted octanol–water partition coefficient (Wildman–Crippen LogP) is 2.25. The fraction of sp³-hybridized carbons (Fsp3) is 0.111. The summed E-state index contributed by atoms with van der Waals surface area (Å²) in [5.41, 5.74) is 2.84. The van der Waals surface area contributed by atoms with Crippen LogP contribution in [0, 0.1) is 0 Å². The zero-order chi connectivity index (χ0) is 6.10. The zero-order valence-corrected chi connectivity index (χ0v) is 6.85. The molecule has 50 valence electrons. The quantitative estimate of drug-likeness (QED) is 0.557. The maximum atomic E-state index is 2.20. The molecule has 0 amide bonds. The molecule has 1 aromatic rings. The molecule has 1 aliphatic rings. The van der Waals surface area contributed by atoms with Gasteiger partial charge < -0.3 is 0 Å². The van der Waals surface area contributed by atoms with Crippen LogP contribution in [0.5, 0.6) is 0 Å². The number of hydrogen-bond donors (Lipinski definition) is 0. The largest absolute Gasteiger partial charge is 0.0795 e. The Kier molecular flexibility index (Phi) is 2.32. The molecule has 0 bridgehead atoms. The van der Waals surface area contributed by atoms with E-state index in [1.165, 1.54) is 11.1 Å². The van der Waals surface area contributed by atoms with Crippen LogP contribution in [0.1, 0.15) is 11.1 Å². The van der Waals surface area contributed by atoms with Gasteiger partial charge in [-0.1, -0.05) is 36.4 Å².